The molecule has 2 N–H and O–H groups in total. The lowest BCUT2D eigenvalue weighted by Crippen LogP contribution is -2.53. The van der Waals surface area contributed by atoms with Crippen molar-refractivity contribution >= 4 is 20.1 Å². The summed E-state index contributed by atoms with van der Waals surface area (Å²) in [5.41, 5.74) is 7.16. The molecule has 0 fully saturated rings. The third-order valence-corrected chi connectivity index (χ3v) is 9.80. The number of hydrogen-bond acceptors (Lipinski definition) is 4. The molecular weight excluding hydrogens is 320 g/mol. The Labute approximate surface area is 145 Å². The number of imide groups is 1. The van der Waals surface area contributed by atoms with Crippen molar-refractivity contribution in [3.8, 4) is 0 Å². The first-order chi connectivity index (χ1) is 11.0. The molecule has 1 aliphatic rings. The minimum atomic E-state index is -1.92. The van der Waals surface area contributed by atoms with Crippen molar-refractivity contribution in [2.45, 2.75) is 57.9 Å². The van der Waals surface area contributed by atoms with Crippen LogP contribution in [0.25, 0.3) is 0 Å². The first kappa shape index (κ1) is 18.8. The second kappa shape index (κ2) is 6.42. The molecule has 0 spiro atoms. The van der Waals surface area contributed by atoms with Gasteiger partial charge in [-0.25, -0.2) is 0 Å². The number of fused-ring (bicyclic) bond motifs is 1. The highest BCUT2D eigenvalue weighted by Gasteiger charge is 2.41. The molecule has 0 saturated heterocycles. The number of benzene rings is 1. The Kier molecular flexibility index (Phi) is 5.04. The third-order valence-electron chi connectivity index (χ3n) is 5.30. The lowest BCUT2D eigenvalue weighted by molar-refractivity contribution is 0.0556. The molecular formula is C18H28N2O3Si. The van der Waals surface area contributed by atoms with Crippen LogP contribution in [-0.2, 0) is 4.43 Å². The summed E-state index contributed by atoms with van der Waals surface area (Å²) in [7, 11) is -1.92. The molecule has 6 heteroatoms. The van der Waals surface area contributed by atoms with Crippen molar-refractivity contribution in [1.82, 2.24) is 4.90 Å². The molecule has 0 saturated carbocycles. The second-order valence-electron chi connectivity index (χ2n) is 8.00. The van der Waals surface area contributed by atoms with Gasteiger partial charge in [0.25, 0.3) is 11.8 Å². The Morgan fingerprint density at radius 1 is 1.12 bits per heavy atom. The molecule has 2 atom stereocenters. The molecule has 24 heavy (non-hydrogen) atoms. The van der Waals surface area contributed by atoms with E-state index in [1.807, 2.05) is 0 Å². The molecule has 1 aliphatic heterocycles. The van der Waals surface area contributed by atoms with Crippen molar-refractivity contribution in [3.05, 3.63) is 35.4 Å². The van der Waals surface area contributed by atoms with E-state index in [1.165, 1.54) is 4.90 Å². The predicted octanol–water partition coefficient (Wildman–Crippen LogP) is 3.02. The van der Waals surface area contributed by atoms with E-state index in [4.69, 9.17) is 10.2 Å². The molecule has 2 rings (SSSR count). The molecule has 2 amide bonds. The maximum Gasteiger partial charge on any atom is 0.261 e. The lowest BCUT2D eigenvalue weighted by Gasteiger charge is -2.38. The second-order valence-corrected chi connectivity index (χ2v) is 12.8. The highest BCUT2D eigenvalue weighted by molar-refractivity contribution is 6.74. The number of carbonyl (C=O) groups excluding carboxylic acids is 2. The fourth-order valence-corrected chi connectivity index (χ4v) is 3.47. The van der Waals surface area contributed by atoms with Crippen molar-refractivity contribution in [1.29, 1.82) is 0 Å². The van der Waals surface area contributed by atoms with E-state index in [-0.39, 0.29) is 16.9 Å². The van der Waals surface area contributed by atoms with Crippen LogP contribution in [0.1, 0.15) is 48.4 Å². The van der Waals surface area contributed by atoms with E-state index >= 15 is 0 Å². The molecule has 132 valence electrons. The fraction of sp³-hybridized carbons (Fsp3) is 0.556. The van der Waals surface area contributed by atoms with Crippen molar-refractivity contribution < 1.29 is 14.0 Å². The Morgan fingerprint density at radius 2 is 1.58 bits per heavy atom. The predicted molar refractivity (Wildman–Crippen MR) is 97.5 cm³/mol. The number of hydrogen-bond donors (Lipinski definition) is 1. The normalized spacial score (nSPS) is 17.9. The summed E-state index contributed by atoms with van der Waals surface area (Å²) in [6, 6.07) is 6.06. The SMILES string of the molecule is C[C@H]([C@H](N)CO[Si](C)(C)C(C)(C)C)N1C(=O)c2ccccc2C1=O. The van der Waals surface area contributed by atoms with E-state index < -0.39 is 20.4 Å². The summed E-state index contributed by atoms with van der Waals surface area (Å²) in [6.45, 7) is 13.0. The first-order valence-corrected chi connectivity index (χ1v) is 11.2. The molecule has 0 radical (unpaired) electrons. The number of amides is 2. The molecule has 1 aromatic rings. The average molecular weight is 349 g/mol. The Bertz CT molecular complexity index is 617. The Hall–Kier alpha value is -1.50. The van der Waals surface area contributed by atoms with E-state index in [1.54, 1.807) is 31.2 Å². The van der Waals surface area contributed by atoms with Gasteiger partial charge >= 0.3 is 0 Å². The standard InChI is InChI=1S/C18H28N2O3Si/c1-12(15(19)11-23-24(5,6)18(2,3)4)20-16(21)13-9-7-8-10-14(13)17(20)22/h7-10,12,15H,11,19H2,1-6H3/t12-,15-/m1/s1. The quantitative estimate of drug-likeness (QED) is 0.656. The minimum Gasteiger partial charge on any atom is -0.415 e. The largest absolute Gasteiger partial charge is 0.415 e. The van der Waals surface area contributed by atoms with Crippen LogP contribution in [0.2, 0.25) is 18.1 Å². The average Bonchev–Trinajstić information content (AvgIpc) is 2.75. The van der Waals surface area contributed by atoms with Crippen molar-refractivity contribution in [2.24, 2.45) is 5.73 Å². The zero-order valence-electron chi connectivity index (χ0n) is 15.4. The molecule has 0 aromatic heterocycles. The van der Waals surface area contributed by atoms with E-state index in [0.29, 0.717) is 17.7 Å². The summed E-state index contributed by atoms with van der Waals surface area (Å²) in [6.07, 6.45) is 0. The highest BCUT2D eigenvalue weighted by Crippen LogP contribution is 2.36. The van der Waals surface area contributed by atoms with E-state index in [0.717, 1.165) is 0 Å². The zero-order chi connectivity index (χ0) is 18.3. The van der Waals surface area contributed by atoms with Gasteiger partial charge in [-0.2, -0.15) is 0 Å². The summed E-state index contributed by atoms with van der Waals surface area (Å²) >= 11 is 0. The monoisotopic (exact) mass is 348 g/mol. The molecule has 1 aromatic carbocycles. The molecule has 1 heterocycles. The van der Waals surface area contributed by atoms with Crippen molar-refractivity contribution in [3.63, 3.8) is 0 Å². The van der Waals surface area contributed by atoms with Gasteiger partial charge in [-0.3, -0.25) is 14.5 Å². The number of nitrogens with zero attached hydrogens (tertiary/aromatic N) is 1. The number of carbonyl (C=O) groups is 2. The molecule has 0 aliphatic carbocycles. The maximum atomic E-state index is 12.5. The van der Waals surface area contributed by atoms with Crippen LogP contribution in [0, 0.1) is 0 Å². The van der Waals surface area contributed by atoms with Gasteiger partial charge in [-0.15, -0.1) is 0 Å². The van der Waals surface area contributed by atoms with Crippen LogP contribution >= 0.6 is 0 Å². The van der Waals surface area contributed by atoms with Crippen LogP contribution in [-0.4, -0.2) is 43.7 Å². The van der Waals surface area contributed by atoms with E-state index in [2.05, 4.69) is 33.9 Å². The Balaban J connectivity index is 2.09. The van der Waals surface area contributed by atoms with Gasteiger partial charge in [0, 0.05) is 6.04 Å². The van der Waals surface area contributed by atoms with Crippen LogP contribution in [0.4, 0.5) is 0 Å². The molecule has 0 bridgehead atoms. The first-order valence-electron chi connectivity index (χ1n) is 8.34. The van der Waals surface area contributed by atoms with Gasteiger partial charge in [0.1, 0.15) is 0 Å². The number of rotatable bonds is 5. The molecule has 0 unspecified atom stereocenters. The van der Waals surface area contributed by atoms with Crippen molar-refractivity contribution in [2.75, 3.05) is 6.61 Å². The van der Waals surface area contributed by atoms with Crippen LogP contribution in [0.5, 0.6) is 0 Å². The van der Waals surface area contributed by atoms with Gasteiger partial charge in [-0.05, 0) is 37.2 Å². The fourth-order valence-electron chi connectivity index (χ4n) is 2.43. The van der Waals surface area contributed by atoms with E-state index in [9.17, 15) is 9.59 Å². The van der Waals surface area contributed by atoms with Gasteiger partial charge < -0.3 is 10.2 Å². The topological polar surface area (TPSA) is 72.6 Å². The zero-order valence-corrected chi connectivity index (χ0v) is 16.4. The summed E-state index contributed by atoms with van der Waals surface area (Å²) in [5, 5.41) is 0.0888. The van der Waals surface area contributed by atoms with Crippen LogP contribution in [0.15, 0.2) is 24.3 Å². The Morgan fingerprint density at radius 3 is 2.00 bits per heavy atom. The van der Waals surface area contributed by atoms with Crippen LogP contribution < -0.4 is 5.73 Å². The molecule has 5 nitrogen and oxygen atoms in total. The maximum absolute atomic E-state index is 12.5. The van der Waals surface area contributed by atoms with Gasteiger partial charge in [0.05, 0.1) is 23.8 Å². The summed E-state index contributed by atoms with van der Waals surface area (Å²) in [4.78, 5) is 26.3. The van der Waals surface area contributed by atoms with Gasteiger partial charge in [-0.1, -0.05) is 32.9 Å². The third kappa shape index (κ3) is 3.31. The van der Waals surface area contributed by atoms with Crippen LogP contribution in [0.3, 0.4) is 0 Å². The smallest absolute Gasteiger partial charge is 0.261 e. The minimum absolute atomic E-state index is 0.0888. The number of nitrogens with two attached hydrogens (primary N) is 1. The summed E-state index contributed by atoms with van der Waals surface area (Å²) < 4.78 is 6.15. The highest BCUT2D eigenvalue weighted by atomic mass is 28.4. The lowest BCUT2D eigenvalue weighted by atomic mass is 10.1. The van der Waals surface area contributed by atoms with Gasteiger partial charge in [0.15, 0.2) is 8.32 Å². The summed E-state index contributed by atoms with van der Waals surface area (Å²) in [5.74, 6) is -0.545. The van der Waals surface area contributed by atoms with Gasteiger partial charge in [0.2, 0.25) is 0 Å².